The number of nitrogen functional groups attached to an aromatic ring is 1. The van der Waals surface area contributed by atoms with Gasteiger partial charge >= 0.3 is 0 Å². The number of carbonyl (C=O) groups is 1. The lowest BCUT2D eigenvalue weighted by Crippen LogP contribution is -2.28. The molecule has 0 radical (unpaired) electrons. The maximum Gasteiger partial charge on any atom is 0.272 e. The molecule has 2 rings (SSSR count). The lowest BCUT2D eigenvalue weighted by atomic mass is 10.2. The number of nitrogens with two attached hydrogens (primary N) is 1. The molecule has 1 aliphatic carbocycles. The summed E-state index contributed by atoms with van der Waals surface area (Å²) in [4.78, 5) is 20.7. The third kappa shape index (κ3) is 3.90. The van der Waals surface area contributed by atoms with Gasteiger partial charge in [-0.3, -0.25) is 10.6 Å². The molecule has 1 aliphatic rings. The van der Waals surface area contributed by atoms with Crippen LogP contribution < -0.4 is 16.6 Å². The summed E-state index contributed by atoms with van der Waals surface area (Å²) in [5.41, 5.74) is 3.25. The first-order chi connectivity index (χ1) is 9.61. The van der Waals surface area contributed by atoms with Gasteiger partial charge in [0.2, 0.25) is 0 Å². The van der Waals surface area contributed by atoms with E-state index in [0.29, 0.717) is 23.8 Å². The van der Waals surface area contributed by atoms with E-state index in [-0.39, 0.29) is 11.8 Å². The van der Waals surface area contributed by atoms with Crippen LogP contribution in [-0.2, 0) is 0 Å². The highest BCUT2D eigenvalue weighted by atomic mass is 16.1. The molecule has 0 bridgehead atoms. The largest absolute Gasteiger partial charge is 0.351 e. The third-order valence-corrected chi connectivity index (χ3v) is 3.47. The van der Waals surface area contributed by atoms with Gasteiger partial charge in [0.1, 0.15) is 5.82 Å². The normalized spacial score (nSPS) is 14.4. The minimum Gasteiger partial charge on any atom is -0.351 e. The molecule has 1 heterocycles. The summed E-state index contributed by atoms with van der Waals surface area (Å²) in [6.07, 6.45) is 6.46. The fraction of sp³-hybridized carbons (Fsp3) is 0.643. The second kappa shape index (κ2) is 6.65. The van der Waals surface area contributed by atoms with Crippen molar-refractivity contribution < 1.29 is 4.79 Å². The van der Waals surface area contributed by atoms with E-state index in [4.69, 9.17) is 5.84 Å². The number of rotatable bonds is 7. The number of hydrogen-bond donors (Lipinski definition) is 3. The Bertz CT molecular complexity index is 471. The summed E-state index contributed by atoms with van der Waals surface area (Å²) in [5.74, 6) is 6.92. The highest BCUT2D eigenvalue weighted by Gasteiger charge is 2.20. The highest BCUT2D eigenvalue weighted by molar-refractivity contribution is 5.97. The van der Waals surface area contributed by atoms with Gasteiger partial charge < -0.3 is 10.7 Å². The molecule has 110 valence electrons. The molecule has 0 spiro atoms. The Morgan fingerprint density at radius 3 is 2.85 bits per heavy atom. The molecule has 0 aromatic carbocycles. The predicted octanol–water partition coefficient (Wildman–Crippen LogP) is 1.81. The van der Waals surface area contributed by atoms with Crippen LogP contribution in [-0.4, -0.2) is 22.4 Å². The van der Waals surface area contributed by atoms with Crippen molar-refractivity contribution in [3.63, 3.8) is 0 Å². The maximum atomic E-state index is 12.2. The van der Waals surface area contributed by atoms with Gasteiger partial charge in [-0.2, -0.15) is 0 Å². The quantitative estimate of drug-likeness (QED) is 0.401. The minimum atomic E-state index is -0.196. The molecule has 0 atom stereocenters. The number of nitrogens with zero attached hydrogens (tertiary/aromatic N) is 2. The Labute approximate surface area is 119 Å². The molecule has 4 N–H and O–H groups in total. The van der Waals surface area contributed by atoms with E-state index in [1.807, 2.05) is 13.8 Å². The van der Waals surface area contributed by atoms with Gasteiger partial charge in [-0.1, -0.05) is 26.7 Å². The molecular weight excluding hydrogens is 254 g/mol. The average molecular weight is 277 g/mol. The SMILES string of the molecule is CC(C)c1ncc(NN)c(C(=O)NCCCC2CC2)n1. The Balaban J connectivity index is 1.96. The number of aromatic nitrogens is 2. The van der Waals surface area contributed by atoms with Crippen LogP contribution in [0.15, 0.2) is 6.20 Å². The molecule has 1 fully saturated rings. The summed E-state index contributed by atoms with van der Waals surface area (Å²) in [5, 5.41) is 2.90. The van der Waals surface area contributed by atoms with Crippen molar-refractivity contribution in [3.05, 3.63) is 17.7 Å². The molecule has 6 heteroatoms. The Morgan fingerprint density at radius 1 is 1.50 bits per heavy atom. The Hall–Kier alpha value is -1.69. The van der Waals surface area contributed by atoms with E-state index in [2.05, 4.69) is 20.7 Å². The Kier molecular flexibility index (Phi) is 4.89. The number of carbonyl (C=O) groups excluding carboxylic acids is 1. The minimum absolute atomic E-state index is 0.170. The summed E-state index contributed by atoms with van der Waals surface area (Å²) in [6, 6.07) is 0. The summed E-state index contributed by atoms with van der Waals surface area (Å²) >= 11 is 0. The van der Waals surface area contributed by atoms with Gasteiger partial charge in [-0.25, -0.2) is 9.97 Å². The zero-order valence-electron chi connectivity index (χ0n) is 12.1. The van der Waals surface area contributed by atoms with Crippen molar-refractivity contribution in [1.82, 2.24) is 15.3 Å². The van der Waals surface area contributed by atoms with Crippen molar-refractivity contribution >= 4 is 11.6 Å². The van der Waals surface area contributed by atoms with Crippen LogP contribution in [0.4, 0.5) is 5.69 Å². The second-order valence-corrected chi connectivity index (χ2v) is 5.63. The van der Waals surface area contributed by atoms with Gasteiger partial charge in [-0.05, 0) is 18.8 Å². The van der Waals surface area contributed by atoms with Crippen LogP contribution in [0.5, 0.6) is 0 Å². The summed E-state index contributed by atoms with van der Waals surface area (Å²) < 4.78 is 0. The fourth-order valence-electron chi connectivity index (χ4n) is 2.04. The van der Waals surface area contributed by atoms with Crippen LogP contribution >= 0.6 is 0 Å². The molecule has 6 nitrogen and oxygen atoms in total. The maximum absolute atomic E-state index is 12.2. The van der Waals surface area contributed by atoms with E-state index < -0.39 is 0 Å². The third-order valence-electron chi connectivity index (χ3n) is 3.47. The smallest absolute Gasteiger partial charge is 0.272 e. The monoisotopic (exact) mass is 277 g/mol. The summed E-state index contributed by atoms with van der Waals surface area (Å²) in [7, 11) is 0. The highest BCUT2D eigenvalue weighted by Crippen LogP contribution is 2.33. The number of hydrazine groups is 1. The van der Waals surface area contributed by atoms with E-state index in [0.717, 1.165) is 12.3 Å². The van der Waals surface area contributed by atoms with E-state index in [1.54, 1.807) is 6.20 Å². The van der Waals surface area contributed by atoms with Gasteiger partial charge in [-0.15, -0.1) is 0 Å². The van der Waals surface area contributed by atoms with Crippen LogP contribution in [0.2, 0.25) is 0 Å². The first kappa shape index (κ1) is 14.7. The molecule has 1 saturated carbocycles. The van der Waals surface area contributed by atoms with Crippen molar-refractivity contribution in [2.75, 3.05) is 12.0 Å². The van der Waals surface area contributed by atoms with Gasteiger partial charge in [0.25, 0.3) is 5.91 Å². The Morgan fingerprint density at radius 2 is 2.25 bits per heavy atom. The van der Waals surface area contributed by atoms with Gasteiger partial charge in [0.05, 0.1) is 11.9 Å². The first-order valence-electron chi connectivity index (χ1n) is 7.23. The number of anilines is 1. The molecule has 1 aromatic rings. The molecule has 20 heavy (non-hydrogen) atoms. The molecular formula is C14H23N5O. The second-order valence-electron chi connectivity index (χ2n) is 5.63. The number of amides is 1. The first-order valence-corrected chi connectivity index (χ1v) is 7.23. The van der Waals surface area contributed by atoms with Crippen LogP contribution in [0, 0.1) is 5.92 Å². The van der Waals surface area contributed by atoms with Crippen molar-refractivity contribution in [2.24, 2.45) is 11.8 Å². The van der Waals surface area contributed by atoms with E-state index >= 15 is 0 Å². The van der Waals surface area contributed by atoms with E-state index in [1.165, 1.54) is 19.3 Å². The van der Waals surface area contributed by atoms with Crippen molar-refractivity contribution in [2.45, 2.75) is 45.4 Å². The zero-order valence-corrected chi connectivity index (χ0v) is 12.1. The summed E-state index contributed by atoms with van der Waals surface area (Å²) in [6.45, 7) is 4.66. The van der Waals surface area contributed by atoms with Crippen LogP contribution in [0.1, 0.15) is 61.8 Å². The van der Waals surface area contributed by atoms with Crippen LogP contribution in [0.3, 0.4) is 0 Å². The van der Waals surface area contributed by atoms with Gasteiger partial charge in [0, 0.05) is 12.5 Å². The number of nitrogens with one attached hydrogen (secondary N) is 2. The molecule has 1 aromatic heterocycles. The average Bonchev–Trinajstić information content (AvgIpc) is 3.26. The van der Waals surface area contributed by atoms with E-state index in [9.17, 15) is 4.79 Å². The fourth-order valence-corrected chi connectivity index (χ4v) is 2.04. The topological polar surface area (TPSA) is 92.9 Å². The zero-order chi connectivity index (χ0) is 14.5. The number of hydrogen-bond acceptors (Lipinski definition) is 5. The van der Waals surface area contributed by atoms with Crippen molar-refractivity contribution in [1.29, 1.82) is 0 Å². The molecule has 1 amide bonds. The standard InChI is InChI=1S/C14H23N5O/c1-9(2)13-17-8-11(19-15)12(18-13)14(20)16-7-3-4-10-5-6-10/h8-10,19H,3-7,15H2,1-2H3,(H,16,20). The lowest BCUT2D eigenvalue weighted by molar-refractivity contribution is 0.0948. The van der Waals surface area contributed by atoms with Gasteiger partial charge in [0.15, 0.2) is 5.69 Å². The predicted molar refractivity (Wildman–Crippen MR) is 78.2 cm³/mol. The molecule has 0 saturated heterocycles. The van der Waals surface area contributed by atoms with Crippen LogP contribution in [0.25, 0.3) is 0 Å². The lowest BCUT2D eigenvalue weighted by Gasteiger charge is -2.11. The van der Waals surface area contributed by atoms with Crippen molar-refractivity contribution in [3.8, 4) is 0 Å². The molecule has 0 aliphatic heterocycles. The molecule has 0 unspecified atom stereocenters.